The minimum absolute atomic E-state index is 0.0886. The third-order valence-corrected chi connectivity index (χ3v) is 4.55. The number of nitrogens with zero attached hydrogens (tertiary/aromatic N) is 2. The fourth-order valence-corrected chi connectivity index (χ4v) is 3.35. The molecule has 0 aliphatic heterocycles. The van der Waals surface area contributed by atoms with Gasteiger partial charge < -0.3 is 5.32 Å². The van der Waals surface area contributed by atoms with Crippen LogP contribution in [0.3, 0.4) is 0 Å². The molecule has 106 valence electrons. The van der Waals surface area contributed by atoms with Crippen molar-refractivity contribution >= 4 is 33.7 Å². The molecule has 0 fully saturated rings. The van der Waals surface area contributed by atoms with Crippen LogP contribution in [0.5, 0.6) is 0 Å². The molecular formula is C15H13N3OS2. The Morgan fingerprint density at radius 3 is 2.81 bits per heavy atom. The normalized spacial score (nSPS) is 10.5. The highest BCUT2D eigenvalue weighted by Gasteiger charge is 2.10. The van der Waals surface area contributed by atoms with E-state index in [0.29, 0.717) is 5.13 Å². The number of amides is 1. The van der Waals surface area contributed by atoms with Crippen LogP contribution < -0.4 is 5.32 Å². The fourth-order valence-electron chi connectivity index (χ4n) is 1.84. The number of hydrogen-bond donors (Lipinski definition) is 1. The summed E-state index contributed by atoms with van der Waals surface area (Å²) in [5.74, 6) is -0.0886. The van der Waals surface area contributed by atoms with Crippen LogP contribution in [-0.4, -0.2) is 15.9 Å². The van der Waals surface area contributed by atoms with E-state index in [1.54, 1.807) is 17.5 Å². The van der Waals surface area contributed by atoms with Crippen LogP contribution in [0.25, 0.3) is 10.6 Å². The van der Waals surface area contributed by atoms with Gasteiger partial charge in [-0.15, -0.1) is 22.7 Å². The zero-order valence-corrected chi connectivity index (χ0v) is 13.0. The SMILES string of the molecule is Cc1cnc(NC(=O)Cc2csc(-c3ccccc3)n2)s1. The van der Waals surface area contributed by atoms with Crippen molar-refractivity contribution in [3.05, 3.63) is 52.5 Å². The van der Waals surface area contributed by atoms with Gasteiger partial charge in [0.1, 0.15) is 5.01 Å². The van der Waals surface area contributed by atoms with E-state index in [4.69, 9.17) is 0 Å². The smallest absolute Gasteiger partial charge is 0.232 e. The molecule has 2 heterocycles. The minimum atomic E-state index is -0.0886. The van der Waals surface area contributed by atoms with Gasteiger partial charge in [0.2, 0.25) is 5.91 Å². The van der Waals surface area contributed by atoms with Gasteiger partial charge in [-0.25, -0.2) is 9.97 Å². The molecule has 0 unspecified atom stereocenters. The number of rotatable bonds is 4. The molecule has 1 aromatic carbocycles. The van der Waals surface area contributed by atoms with Gasteiger partial charge in [0, 0.05) is 22.0 Å². The maximum Gasteiger partial charge on any atom is 0.232 e. The van der Waals surface area contributed by atoms with Crippen molar-refractivity contribution in [1.29, 1.82) is 0 Å². The van der Waals surface area contributed by atoms with Gasteiger partial charge in [-0.2, -0.15) is 0 Å². The molecule has 3 rings (SSSR count). The lowest BCUT2D eigenvalue weighted by Crippen LogP contribution is -2.14. The predicted molar refractivity (Wildman–Crippen MR) is 86.7 cm³/mol. The van der Waals surface area contributed by atoms with Crippen molar-refractivity contribution in [3.8, 4) is 10.6 Å². The number of benzene rings is 1. The molecule has 0 saturated heterocycles. The maximum absolute atomic E-state index is 12.0. The van der Waals surface area contributed by atoms with Crippen LogP contribution in [0.4, 0.5) is 5.13 Å². The largest absolute Gasteiger partial charge is 0.302 e. The summed E-state index contributed by atoms with van der Waals surface area (Å²) in [6, 6.07) is 9.96. The first kappa shape index (κ1) is 13.9. The number of carbonyl (C=O) groups excluding carboxylic acids is 1. The topological polar surface area (TPSA) is 54.9 Å². The summed E-state index contributed by atoms with van der Waals surface area (Å²) in [5, 5.41) is 6.29. The van der Waals surface area contributed by atoms with Gasteiger partial charge in [-0.3, -0.25) is 4.79 Å². The first-order chi connectivity index (χ1) is 10.2. The van der Waals surface area contributed by atoms with E-state index in [1.165, 1.54) is 11.3 Å². The molecular weight excluding hydrogens is 302 g/mol. The quantitative estimate of drug-likeness (QED) is 0.797. The molecule has 2 aromatic heterocycles. The molecule has 0 atom stereocenters. The van der Waals surface area contributed by atoms with Gasteiger partial charge in [-0.05, 0) is 6.92 Å². The van der Waals surface area contributed by atoms with Crippen LogP contribution in [0.1, 0.15) is 10.6 Å². The highest BCUT2D eigenvalue weighted by Crippen LogP contribution is 2.23. The van der Waals surface area contributed by atoms with Crippen molar-refractivity contribution < 1.29 is 4.79 Å². The Kier molecular flexibility index (Phi) is 4.08. The van der Waals surface area contributed by atoms with Crippen LogP contribution in [0, 0.1) is 6.92 Å². The van der Waals surface area contributed by atoms with Gasteiger partial charge >= 0.3 is 0 Å². The standard InChI is InChI=1S/C15H13N3OS2/c1-10-8-16-15(21-10)18-13(19)7-12-9-20-14(17-12)11-5-3-2-4-6-11/h2-6,8-9H,7H2,1H3,(H,16,18,19). The number of anilines is 1. The Morgan fingerprint density at radius 1 is 1.29 bits per heavy atom. The Hall–Kier alpha value is -2.05. The number of thiazole rings is 2. The van der Waals surface area contributed by atoms with Gasteiger partial charge in [0.05, 0.1) is 12.1 Å². The van der Waals surface area contributed by atoms with Crippen molar-refractivity contribution in [2.24, 2.45) is 0 Å². The second-order valence-electron chi connectivity index (χ2n) is 4.51. The van der Waals surface area contributed by atoms with Crippen LogP contribution >= 0.6 is 22.7 Å². The number of carbonyl (C=O) groups is 1. The molecule has 0 spiro atoms. The van der Waals surface area contributed by atoms with E-state index in [9.17, 15) is 4.79 Å². The fraction of sp³-hybridized carbons (Fsp3) is 0.133. The highest BCUT2D eigenvalue weighted by molar-refractivity contribution is 7.15. The Labute approximate surface area is 130 Å². The summed E-state index contributed by atoms with van der Waals surface area (Å²) in [7, 11) is 0. The van der Waals surface area contributed by atoms with Crippen LogP contribution in [0.2, 0.25) is 0 Å². The van der Waals surface area contributed by atoms with Crippen molar-refractivity contribution in [1.82, 2.24) is 9.97 Å². The molecule has 4 nitrogen and oxygen atoms in total. The second kappa shape index (κ2) is 6.15. The summed E-state index contributed by atoms with van der Waals surface area (Å²) < 4.78 is 0. The molecule has 0 aliphatic carbocycles. The summed E-state index contributed by atoms with van der Waals surface area (Å²) in [6.45, 7) is 1.96. The monoisotopic (exact) mass is 315 g/mol. The summed E-state index contributed by atoms with van der Waals surface area (Å²) in [6.07, 6.45) is 2.01. The van der Waals surface area contributed by atoms with Crippen LogP contribution in [-0.2, 0) is 11.2 Å². The lowest BCUT2D eigenvalue weighted by molar-refractivity contribution is -0.115. The van der Waals surface area contributed by atoms with E-state index in [-0.39, 0.29) is 12.3 Å². The predicted octanol–water partition coefficient (Wildman–Crippen LogP) is 3.76. The average molecular weight is 315 g/mol. The molecule has 0 aliphatic rings. The number of hydrogen-bond acceptors (Lipinski definition) is 5. The molecule has 0 radical (unpaired) electrons. The third kappa shape index (κ3) is 3.53. The zero-order valence-electron chi connectivity index (χ0n) is 11.4. The molecule has 1 amide bonds. The number of nitrogens with one attached hydrogen (secondary N) is 1. The van der Waals surface area contributed by atoms with Crippen molar-refractivity contribution in [3.63, 3.8) is 0 Å². The Morgan fingerprint density at radius 2 is 2.10 bits per heavy atom. The van der Waals surface area contributed by atoms with Gasteiger partial charge in [0.15, 0.2) is 5.13 Å². The number of aromatic nitrogens is 2. The van der Waals surface area contributed by atoms with E-state index in [2.05, 4.69) is 15.3 Å². The highest BCUT2D eigenvalue weighted by atomic mass is 32.1. The third-order valence-electron chi connectivity index (χ3n) is 2.78. The average Bonchev–Trinajstić information content (AvgIpc) is 3.09. The molecule has 0 saturated carbocycles. The summed E-state index contributed by atoms with van der Waals surface area (Å²) >= 11 is 3.02. The van der Waals surface area contributed by atoms with E-state index in [1.807, 2.05) is 42.6 Å². The van der Waals surface area contributed by atoms with Crippen molar-refractivity contribution in [2.75, 3.05) is 5.32 Å². The molecule has 0 bridgehead atoms. The molecule has 1 N–H and O–H groups in total. The molecule has 21 heavy (non-hydrogen) atoms. The molecule has 3 aromatic rings. The second-order valence-corrected chi connectivity index (χ2v) is 6.60. The first-order valence-electron chi connectivity index (χ1n) is 6.43. The molecule has 6 heteroatoms. The summed E-state index contributed by atoms with van der Waals surface area (Å²) in [4.78, 5) is 21.7. The number of aryl methyl sites for hydroxylation is 1. The van der Waals surface area contributed by atoms with E-state index < -0.39 is 0 Å². The minimum Gasteiger partial charge on any atom is -0.302 e. The van der Waals surface area contributed by atoms with E-state index in [0.717, 1.165) is 21.1 Å². The van der Waals surface area contributed by atoms with Gasteiger partial charge in [-0.1, -0.05) is 30.3 Å². The Balaban J connectivity index is 1.66. The van der Waals surface area contributed by atoms with E-state index >= 15 is 0 Å². The lowest BCUT2D eigenvalue weighted by atomic mass is 10.2. The first-order valence-corrected chi connectivity index (χ1v) is 8.12. The summed E-state index contributed by atoms with van der Waals surface area (Å²) in [5.41, 5.74) is 1.86. The van der Waals surface area contributed by atoms with Crippen LogP contribution in [0.15, 0.2) is 41.9 Å². The lowest BCUT2D eigenvalue weighted by Gasteiger charge is -1.99. The van der Waals surface area contributed by atoms with Gasteiger partial charge in [0.25, 0.3) is 0 Å². The Bertz CT molecular complexity index is 749. The van der Waals surface area contributed by atoms with Crippen molar-refractivity contribution in [2.45, 2.75) is 13.3 Å². The zero-order chi connectivity index (χ0) is 14.7. The maximum atomic E-state index is 12.0.